The highest BCUT2D eigenvalue weighted by Gasteiger charge is 2.20. The van der Waals surface area contributed by atoms with Crippen molar-refractivity contribution in [3.05, 3.63) is 29.8 Å². The van der Waals surface area contributed by atoms with Crippen molar-refractivity contribution >= 4 is 9.84 Å². The van der Waals surface area contributed by atoms with E-state index >= 15 is 0 Å². The zero-order valence-electron chi connectivity index (χ0n) is 11.2. The van der Waals surface area contributed by atoms with Crippen molar-refractivity contribution in [2.75, 3.05) is 25.4 Å². The number of nitrogens with zero attached hydrogens (tertiary/aromatic N) is 2. The lowest BCUT2D eigenvalue weighted by atomic mass is 10.1. The van der Waals surface area contributed by atoms with Gasteiger partial charge in [-0.15, -0.1) is 0 Å². The number of aliphatic hydroxyl groups excluding tert-OH is 1. The second-order valence-electron chi connectivity index (χ2n) is 5.03. The van der Waals surface area contributed by atoms with Crippen LogP contribution in [-0.4, -0.2) is 49.9 Å². The van der Waals surface area contributed by atoms with Crippen molar-refractivity contribution in [3.8, 4) is 6.07 Å². The van der Waals surface area contributed by atoms with E-state index in [9.17, 15) is 13.5 Å². The first-order chi connectivity index (χ1) is 9.51. The highest BCUT2D eigenvalue weighted by atomic mass is 32.2. The Morgan fingerprint density at radius 2 is 2.05 bits per heavy atom. The van der Waals surface area contributed by atoms with Crippen LogP contribution in [0.4, 0.5) is 0 Å². The Hall–Kier alpha value is -1.42. The lowest BCUT2D eigenvalue weighted by Gasteiger charge is -2.29. The van der Waals surface area contributed by atoms with Gasteiger partial charge in [0.25, 0.3) is 0 Å². The average molecular weight is 294 g/mol. The third kappa shape index (κ3) is 3.79. The maximum absolute atomic E-state index is 12.2. The Labute approximate surface area is 119 Å². The molecule has 0 unspecified atom stereocenters. The van der Waals surface area contributed by atoms with Gasteiger partial charge >= 0.3 is 0 Å². The Balaban J connectivity index is 1.99. The van der Waals surface area contributed by atoms with Crippen LogP contribution in [-0.2, 0) is 9.84 Å². The molecular formula is C14H18N2O3S. The average Bonchev–Trinajstić information content (AvgIpc) is 2.47. The zero-order chi connectivity index (χ0) is 14.6. The molecule has 0 atom stereocenters. The topological polar surface area (TPSA) is 81.4 Å². The molecule has 5 nitrogen and oxygen atoms in total. The smallest absolute Gasteiger partial charge is 0.179 e. The van der Waals surface area contributed by atoms with Gasteiger partial charge < -0.3 is 10.0 Å². The monoisotopic (exact) mass is 294 g/mol. The zero-order valence-corrected chi connectivity index (χ0v) is 12.0. The molecule has 20 heavy (non-hydrogen) atoms. The van der Waals surface area contributed by atoms with Crippen LogP contribution < -0.4 is 0 Å². The highest BCUT2D eigenvalue weighted by molar-refractivity contribution is 7.91. The van der Waals surface area contributed by atoms with Gasteiger partial charge in [0.1, 0.15) is 0 Å². The molecule has 1 aliphatic heterocycles. The summed E-state index contributed by atoms with van der Waals surface area (Å²) in [4.78, 5) is 2.26. The van der Waals surface area contributed by atoms with Gasteiger partial charge in [0.05, 0.1) is 28.4 Å². The van der Waals surface area contributed by atoms with Crippen molar-refractivity contribution < 1.29 is 13.5 Å². The van der Waals surface area contributed by atoms with E-state index in [1.165, 1.54) is 12.1 Å². The van der Waals surface area contributed by atoms with E-state index in [0.29, 0.717) is 24.9 Å². The first kappa shape index (κ1) is 15.0. The minimum atomic E-state index is -3.36. The Morgan fingerprint density at radius 1 is 1.35 bits per heavy atom. The molecule has 0 radical (unpaired) electrons. The SMILES string of the molecule is N#Cc1cccc(S(=O)(=O)CCN2CCC(O)CC2)c1. The van der Waals surface area contributed by atoms with E-state index < -0.39 is 9.84 Å². The molecule has 6 heteroatoms. The predicted molar refractivity (Wildman–Crippen MR) is 74.9 cm³/mol. The molecule has 108 valence electrons. The summed E-state index contributed by atoms with van der Waals surface area (Å²) in [6, 6.07) is 8.06. The van der Waals surface area contributed by atoms with E-state index in [4.69, 9.17) is 5.26 Å². The van der Waals surface area contributed by atoms with Crippen molar-refractivity contribution in [2.24, 2.45) is 0 Å². The number of hydrogen-bond donors (Lipinski definition) is 1. The summed E-state index contributed by atoms with van der Waals surface area (Å²) in [5.41, 5.74) is 0.354. The van der Waals surface area contributed by atoms with Gasteiger partial charge in [-0.1, -0.05) is 6.07 Å². The van der Waals surface area contributed by atoms with Crippen LogP contribution in [0.3, 0.4) is 0 Å². The van der Waals surface area contributed by atoms with E-state index in [2.05, 4.69) is 4.90 Å². The summed E-state index contributed by atoms with van der Waals surface area (Å²) in [5.74, 6) is 0.0397. The summed E-state index contributed by atoms with van der Waals surface area (Å²) < 4.78 is 24.4. The highest BCUT2D eigenvalue weighted by Crippen LogP contribution is 2.15. The van der Waals surface area contributed by atoms with Gasteiger partial charge in [0.15, 0.2) is 9.84 Å². The van der Waals surface area contributed by atoms with Gasteiger partial charge in [-0.2, -0.15) is 5.26 Å². The van der Waals surface area contributed by atoms with Crippen LogP contribution in [0.5, 0.6) is 0 Å². The molecule has 1 aromatic rings. The van der Waals surface area contributed by atoms with Gasteiger partial charge in [0, 0.05) is 19.6 Å². The third-order valence-electron chi connectivity index (χ3n) is 3.56. The molecule has 0 spiro atoms. The number of benzene rings is 1. The first-order valence-electron chi connectivity index (χ1n) is 6.64. The van der Waals surface area contributed by atoms with Crippen LogP contribution in [0.25, 0.3) is 0 Å². The lowest BCUT2D eigenvalue weighted by Crippen LogP contribution is -2.38. The van der Waals surface area contributed by atoms with E-state index in [0.717, 1.165) is 13.1 Å². The molecule has 0 aromatic heterocycles. The number of rotatable bonds is 4. The minimum Gasteiger partial charge on any atom is -0.393 e. The molecule has 1 heterocycles. The molecular weight excluding hydrogens is 276 g/mol. The summed E-state index contributed by atoms with van der Waals surface area (Å²) >= 11 is 0. The van der Waals surface area contributed by atoms with Gasteiger partial charge in [-0.3, -0.25) is 0 Å². The number of aliphatic hydroxyl groups is 1. The third-order valence-corrected chi connectivity index (χ3v) is 5.25. The van der Waals surface area contributed by atoms with Crippen LogP contribution in [0.15, 0.2) is 29.2 Å². The molecule has 1 aliphatic rings. The number of nitriles is 1. The van der Waals surface area contributed by atoms with Crippen LogP contribution in [0.1, 0.15) is 18.4 Å². The second kappa shape index (κ2) is 6.35. The quantitative estimate of drug-likeness (QED) is 0.888. The fourth-order valence-corrected chi connectivity index (χ4v) is 3.60. The molecule has 1 aromatic carbocycles. The van der Waals surface area contributed by atoms with E-state index in [-0.39, 0.29) is 16.8 Å². The Bertz CT molecular complexity index is 599. The summed E-state index contributed by atoms with van der Waals surface area (Å²) in [6.45, 7) is 1.93. The van der Waals surface area contributed by atoms with Crippen LogP contribution in [0, 0.1) is 11.3 Å². The molecule has 1 N–H and O–H groups in total. The largest absolute Gasteiger partial charge is 0.393 e. The van der Waals surface area contributed by atoms with Gasteiger partial charge in [-0.25, -0.2) is 8.42 Å². The standard InChI is InChI=1S/C14H18N2O3S/c15-11-12-2-1-3-14(10-12)20(18,19)9-8-16-6-4-13(17)5-7-16/h1-3,10,13,17H,4-9H2. The molecule has 2 rings (SSSR count). The van der Waals surface area contributed by atoms with Crippen LogP contribution >= 0.6 is 0 Å². The number of hydrogen-bond acceptors (Lipinski definition) is 5. The first-order valence-corrected chi connectivity index (χ1v) is 8.30. The molecule has 1 fully saturated rings. The minimum absolute atomic E-state index is 0.0397. The Kier molecular flexibility index (Phi) is 4.76. The van der Waals surface area contributed by atoms with Gasteiger partial charge in [-0.05, 0) is 31.0 Å². The summed E-state index contributed by atoms with van der Waals surface area (Å²) in [6.07, 6.45) is 1.14. The summed E-state index contributed by atoms with van der Waals surface area (Å²) in [7, 11) is -3.36. The molecule has 0 saturated carbocycles. The van der Waals surface area contributed by atoms with Crippen molar-refractivity contribution in [1.82, 2.24) is 4.90 Å². The maximum Gasteiger partial charge on any atom is 0.179 e. The summed E-state index contributed by atoms with van der Waals surface area (Å²) in [5, 5.41) is 18.2. The lowest BCUT2D eigenvalue weighted by molar-refractivity contribution is 0.0855. The molecule has 0 amide bonds. The molecule has 1 saturated heterocycles. The van der Waals surface area contributed by atoms with Crippen LogP contribution in [0.2, 0.25) is 0 Å². The normalized spacial score (nSPS) is 17.8. The predicted octanol–water partition coefficient (Wildman–Crippen LogP) is 0.789. The number of likely N-dealkylation sites (tertiary alicyclic amines) is 1. The number of sulfone groups is 1. The fraction of sp³-hybridized carbons (Fsp3) is 0.500. The van der Waals surface area contributed by atoms with Gasteiger partial charge in [0.2, 0.25) is 0 Å². The maximum atomic E-state index is 12.2. The second-order valence-corrected chi connectivity index (χ2v) is 7.14. The number of piperidine rings is 1. The van der Waals surface area contributed by atoms with Crippen molar-refractivity contribution in [3.63, 3.8) is 0 Å². The van der Waals surface area contributed by atoms with E-state index in [1.807, 2.05) is 6.07 Å². The molecule has 0 bridgehead atoms. The van der Waals surface area contributed by atoms with Crippen molar-refractivity contribution in [1.29, 1.82) is 5.26 Å². The Morgan fingerprint density at radius 3 is 2.70 bits per heavy atom. The molecule has 0 aliphatic carbocycles. The van der Waals surface area contributed by atoms with Crippen molar-refractivity contribution in [2.45, 2.75) is 23.8 Å². The fourth-order valence-electron chi connectivity index (χ4n) is 2.27. The van der Waals surface area contributed by atoms with E-state index in [1.54, 1.807) is 12.1 Å².